The number of para-hydroxylation sites is 1. The van der Waals surface area contributed by atoms with Gasteiger partial charge in [0.2, 0.25) is 5.43 Å². The van der Waals surface area contributed by atoms with Gasteiger partial charge in [-0.15, -0.1) is 0 Å². The molecule has 1 aromatic heterocycles. The fourth-order valence-corrected chi connectivity index (χ4v) is 2.40. The van der Waals surface area contributed by atoms with Gasteiger partial charge < -0.3 is 9.72 Å². The molecule has 1 heterocycles. The number of carbonyl (C=O) groups is 1. The Morgan fingerprint density at radius 3 is 2.50 bits per heavy atom. The summed E-state index contributed by atoms with van der Waals surface area (Å²) in [6.07, 6.45) is 0. The van der Waals surface area contributed by atoms with Crippen LogP contribution in [0.2, 0.25) is 0 Å². The number of H-pyrrole nitrogens is 1. The molecule has 4 heteroatoms. The molecule has 0 radical (unpaired) electrons. The molecule has 2 aromatic carbocycles. The van der Waals surface area contributed by atoms with E-state index in [0.717, 1.165) is 5.56 Å². The summed E-state index contributed by atoms with van der Waals surface area (Å²) in [5.74, 6) is -0.603. The van der Waals surface area contributed by atoms with Crippen molar-refractivity contribution in [2.75, 3.05) is 0 Å². The molecular formula is C18H15NO3. The second kappa shape index (κ2) is 5.85. The number of benzene rings is 2. The standard InChI is InChI=1S/C18H15NO3/c1-12-16(17(20)14-9-5-6-10-15(14)19-12)18(21)22-11-13-7-3-2-4-8-13/h2-10H,11H2,1H3,(H,19,20). The van der Waals surface area contributed by atoms with Crippen LogP contribution in [0, 0.1) is 6.92 Å². The summed E-state index contributed by atoms with van der Waals surface area (Å²) in [5.41, 5.74) is 1.87. The lowest BCUT2D eigenvalue weighted by Gasteiger charge is -2.08. The molecule has 4 nitrogen and oxygen atoms in total. The van der Waals surface area contributed by atoms with Gasteiger partial charge in [0.05, 0.1) is 0 Å². The van der Waals surface area contributed by atoms with E-state index in [4.69, 9.17) is 4.74 Å². The van der Waals surface area contributed by atoms with Crippen molar-refractivity contribution < 1.29 is 9.53 Å². The van der Waals surface area contributed by atoms with Gasteiger partial charge in [-0.2, -0.15) is 0 Å². The zero-order chi connectivity index (χ0) is 15.5. The Hall–Kier alpha value is -2.88. The van der Waals surface area contributed by atoms with Crippen molar-refractivity contribution in [3.05, 3.63) is 81.6 Å². The first kappa shape index (κ1) is 14.1. The van der Waals surface area contributed by atoms with E-state index in [1.807, 2.05) is 42.5 Å². The van der Waals surface area contributed by atoms with Gasteiger partial charge >= 0.3 is 5.97 Å². The van der Waals surface area contributed by atoms with Crippen molar-refractivity contribution in [2.24, 2.45) is 0 Å². The first-order valence-corrected chi connectivity index (χ1v) is 6.99. The zero-order valence-corrected chi connectivity index (χ0v) is 12.1. The predicted octanol–water partition coefficient (Wildman–Crippen LogP) is 3.19. The molecule has 1 N–H and O–H groups in total. The molecule has 22 heavy (non-hydrogen) atoms. The van der Waals surface area contributed by atoms with Crippen molar-refractivity contribution in [2.45, 2.75) is 13.5 Å². The van der Waals surface area contributed by atoms with Gasteiger partial charge in [-0.25, -0.2) is 4.79 Å². The number of aromatic amines is 1. The fraction of sp³-hybridized carbons (Fsp3) is 0.111. The Balaban J connectivity index is 1.92. The second-order valence-electron chi connectivity index (χ2n) is 5.06. The second-order valence-corrected chi connectivity index (χ2v) is 5.06. The van der Waals surface area contributed by atoms with Crippen LogP contribution in [0.25, 0.3) is 10.9 Å². The number of fused-ring (bicyclic) bond motifs is 1. The molecule has 0 aliphatic rings. The molecule has 0 unspecified atom stereocenters. The summed E-state index contributed by atoms with van der Waals surface area (Å²) in [5, 5.41) is 0.486. The van der Waals surface area contributed by atoms with E-state index in [2.05, 4.69) is 4.98 Å². The van der Waals surface area contributed by atoms with E-state index < -0.39 is 5.97 Å². The third kappa shape index (κ3) is 2.63. The number of nitrogens with one attached hydrogen (secondary N) is 1. The van der Waals surface area contributed by atoms with Crippen LogP contribution < -0.4 is 5.43 Å². The van der Waals surface area contributed by atoms with E-state index in [1.54, 1.807) is 19.1 Å². The quantitative estimate of drug-likeness (QED) is 0.754. The van der Waals surface area contributed by atoms with Gasteiger partial charge in [-0.3, -0.25) is 4.79 Å². The lowest BCUT2D eigenvalue weighted by molar-refractivity contribution is 0.0470. The van der Waals surface area contributed by atoms with E-state index >= 15 is 0 Å². The normalized spacial score (nSPS) is 10.6. The van der Waals surface area contributed by atoms with Gasteiger partial charge in [0.25, 0.3) is 0 Å². The van der Waals surface area contributed by atoms with E-state index in [0.29, 0.717) is 16.6 Å². The highest BCUT2D eigenvalue weighted by molar-refractivity contribution is 5.94. The monoisotopic (exact) mass is 293 g/mol. The molecule has 0 aliphatic carbocycles. The first-order valence-electron chi connectivity index (χ1n) is 6.99. The van der Waals surface area contributed by atoms with Crippen LogP contribution in [-0.4, -0.2) is 11.0 Å². The number of aryl methyl sites for hydroxylation is 1. The number of aromatic nitrogens is 1. The summed E-state index contributed by atoms with van der Waals surface area (Å²) in [7, 11) is 0. The minimum absolute atomic E-state index is 0.0645. The van der Waals surface area contributed by atoms with Crippen molar-refractivity contribution >= 4 is 16.9 Å². The smallest absolute Gasteiger partial charge is 0.344 e. The van der Waals surface area contributed by atoms with Crippen molar-refractivity contribution in [3.8, 4) is 0 Å². The molecule has 0 saturated carbocycles. The molecule has 0 fully saturated rings. The van der Waals surface area contributed by atoms with Crippen LogP contribution in [0.15, 0.2) is 59.4 Å². The van der Waals surface area contributed by atoms with Crippen molar-refractivity contribution in [3.63, 3.8) is 0 Å². The number of carbonyl (C=O) groups excluding carboxylic acids is 1. The van der Waals surface area contributed by atoms with Crippen LogP contribution in [-0.2, 0) is 11.3 Å². The van der Waals surface area contributed by atoms with E-state index in [1.165, 1.54) is 0 Å². The number of rotatable bonds is 3. The SMILES string of the molecule is Cc1[nH]c2ccccc2c(=O)c1C(=O)OCc1ccccc1. The third-order valence-corrected chi connectivity index (χ3v) is 3.51. The molecule has 0 aliphatic heterocycles. The van der Waals surface area contributed by atoms with Gasteiger partial charge in [-0.1, -0.05) is 42.5 Å². The van der Waals surface area contributed by atoms with E-state index in [9.17, 15) is 9.59 Å². The highest BCUT2D eigenvalue weighted by Gasteiger charge is 2.18. The minimum Gasteiger partial charge on any atom is -0.457 e. The summed E-state index contributed by atoms with van der Waals surface area (Å²) in [4.78, 5) is 27.8. The maximum Gasteiger partial charge on any atom is 0.344 e. The van der Waals surface area contributed by atoms with Crippen molar-refractivity contribution in [1.29, 1.82) is 0 Å². The Labute approximate surface area is 127 Å². The van der Waals surface area contributed by atoms with Crippen LogP contribution in [0.1, 0.15) is 21.6 Å². The summed E-state index contributed by atoms with van der Waals surface area (Å²) in [6, 6.07) is 16.5. The largest absolute Gasteiger partial charge is 0.457 e. The Kier molecular flexibility index (Phi) is 3.74. The summed E-state index contributed by atoms with van der Waals surface area (Å²) >= 11 is 0. The lowest BCUT2D eigenvalue weighted by atomic mass is 10.1. The molecule has 3 aromatic rings. The fourth-order valence-electron chi connectivity index (χ4n) is 2.40. The van der Waals surface area contributed by atoms with Gasteiger partial charge in [0.1, 0.15) is 12.2 Å². The topological polar surface area (TPSA) is 59.2 Å². The molecule has 0 bridgehead atoms. The van der Waals surface area contributed by atoms with E-state index in [-0.39, 0.29) is 17.6 Å². The Morgan fingerprint density at radius 2 is 1.73 bits per heavy atom. The third-order valence-electron chi connectivity index (χ3n) is 3.51. The van der Waals surface area contributed by atoms with Crippen LogP contribution in [0.4, 0.5) is 0 Å². The maximum atomic E-state index is 12.5. The number of hydrogen-bond donors (Lipinski definition) is 1. The molecule has 0 spiro atoms. The average Bonchev–Trinajstić information content (AvgIpc) is 2.54. The first-order chi connectivity index (χ1) is 10.7. The van der Waals surface area contributed by atoms with Gasteiger partial charge in [-0.05, 0) is 24.6 Å². The van der Waals surface area contributed by atoms with Gasteiger partial charge in [0.15, 0.2) is 0 Å². The molecule has 0 saturated heterocycles. The zero-order valence-electron chi connectivity index (χ0n) is 12.1. The Morgan fingerprint density at radius 1 is 1.05 bits per heavy atom. The molecule has 0 atom stereocenters. The van der Waals surface area contributed by atoms with Gasteiger partial charge in [0, 0.05) is 16.6 Å². The predicted molar refractivity (Wildman–Crippen MR) is 84.9 cm³/mol. The Bertz CT molecular complexity index is 882. The van der Waals surface area contributed by atoms with Crippen molar-refractivity contribution in [1.82, 2.24) is 4.98 Å². The summed E-state index contributed by atoms with van der Waals surface area (Å²) in [6.45, 7) is 1.85. The van der Waals surface area contributed by atoms with Crippen LogP contribution in [0.5, 0.6) is 0 Å². The molecular weight excluding hydrogens is 278 g/mol. The van der Waals surface area contributed by atoms with Crippen LogP contribution in [0.3, 0.4) is 0 Å². The highest BCUT2D eigenvalue weighted by Crippen LogP contribution is 2.12. The molecule has 0 amide bonds. The number of hydrogen-bond acceptors (Lipinski definition) is 3. The number of ether oxygens (including phenoxy) is 1. The van der Waals surface area contributed by atoms with Crippen LogP contribution >= 0.6 is 0 Å². The average molecular weight is 293 g/mol. The number of esters is 1. The number of pyridine rings is 1. The molecule has 3 rings (SSSR count). The lowest BCUT2D eigenvalue weighted by Crippen LogP contribution is -2.20. The highest BCUT2D eigenvalue weighted by atomic mass is 16.5. The molecule has 110 valence electrons. The minimum atomic E-state index is -0.603. The maximum absolute atomic E-state index is 12.5. The summed E-state index contributed by atoms with van der Waals surface area (Å²) < 4.78 is 5.27.